The molecule has 2 aromatic heterocycles. The first-order valence-corrected chi connectivity index (χ1v) is 10.9. The lowest BCUT2D eigenvalue weighted by Crippen LogP contribution is -2.15. The predicted octanol–water partition coefficient (Wildman–Crippen LogP) is 5.73. The molecule has 0 bridgehead atoms. The van der Waals surface area contributed by atoms with Gasteiger partial charge in [-0.05, 0) is 51.5 Å². The Bertz CT molecular complexity index is 1020. The first kappa shape index (κ1) is 20.8. The van der Waals surface area contributed by atoms with E-state index in [1.807, 2.05) is 4.57 Å². The van der Waals surface area contributed by atoms with Crippen LogP contribution in [0.3, 0.4) is 0 Å². The number of aryl methyl sites for hydroxylation is 1. The topological polar surface area (TPSA) is 59.8 Å². The molecule has 2 heterocycles. The van der Waals surface area contributed by atoms with Gasteiger partial charge in [0.15, 0.2) is 11.0 Å². The second-order valence-corrected chi connectivity index (χ2v) is 9.00. The number of hydrogen-bond acceptors (Lipinski definition) is 5. The maximum absolute atomic E-state index is 13.2. The molecule has 0 saturated carbocycles. The summed E-state index contributed by atoms with van der Waals surface area (Å²) >= 11 is 8.75. The number of thiophene rings is 1. The summed E-state index contributed by atoms with van der Waals surface area (Å²) in [6.07, 6.45) is 0. The van der Waals surface area contributed by atoms with E-state index in [0.717, 1.165) is 11.4 Å². The molecule has 1 amide bonds. The predicted molar refractivity (Wildman–Crippen MR) is 114 cm³/mol. The number of rotatable bonds is 6. The maximum atomic E-state index is 13.2. The zero-order valence-electron chi connectivity index (χ0n) is 15.9. The average molecular weight is 439 g/mol. The van der Waals surface area contributed by atoms with Crippen LogP contribution in [0, 0.1) is 19.7 Å². The zero-order chi connectivity index (χ0) is 20.4. The first-order chi connectivity index (χ1) is 13.3. The van der Waals surface area contributed by atoms with Gasteiger partial charge in [0.2, 0.25) is 5.91 Å². The summed E-state index contributed by atoms with van der Waals surface area (Å²) in [6, 6.07) is 4.22. The lowest BCUT2D eigenvalue weighted by Gasteiger charge is -2.13. The van der Waals surface area contributed by atoms with E-state index in [9.17, 15) is 9.18 Å². The standard InChI is InChI=1S/C19H20ClFN4OS2/c1-10(2)25-18(14-8-27-12(4)11(14)3)23-24-19(25)28-9-17(26)22-13-5-6-16(21)15(20)7-13/h5-8,10H,9H2,1-4H3,(H,22,26). The minimum Gasteiger partial charge on any atom is -0.325 e. The van der Waals surface area contributed by atoms with Crippen LogP contribution in [0.2, 0.25) is 5.02 Å². The number of carbonyl (C=O) groups is 1. The monoisotopic (exact) mass is 438 g/mol. The summed E-state index contributed by atoms with van der Waals surface area (Å²) in [6.45, 7) is 8.29. The van der Waals surface area contributed by atoms with E-state index in [-0.39, 0.29) is 22.7 Å². The zero-order valence-corrected chi connectivity index (χ0v) is 18.3. The molecule has 0 aliphatic rings. The Balaban J connectivity index is 1.74. The van der Waals surface area contributed by atoms with Crippen molar-refractivity contribution in [2.24, 2.45) is 0 Å². The van der Waals surface area contributed by atoms with Gasteiger partial charge in [0, 0.05) is 27.5 Å². The molecule has 0 unspecified atom stereocenters. The molecule has 3 rings (SSSR count). The highest BCUT2D eigenvalue weighted by Gasteiger charge is 2.20. The summed E-state index contributed by atoms with van der Waals surface area (Å²) in [5.74, 6) is 0.215. The van der Waals surface area contributed by atoms with Gasteiger partial charge in [-0.25, -0.2) is 4.39 Å². The largest absolute Gasteiger partial charge is 0.325 e. The van der Waals surface area contributed by atoms with Crippen molar-refractivity contribution >= 4 is 46.3 Å². The Morgan fingerprint density at radius 2 is 2.11 bits per heavy atom. The van der Waals surface area contributed by atoms with E-state index in [0.29, 0.717) is 10.8 Å². The SMILES string of the molecule is Cc1scc(-c2nnc(SCC(=O)Nc3ccc(F)c(Cl)c3)n2C(C)C)c1C. The fourth-order valence-corrected chi connectivity index (χ4v) is 4.57. The lowest BCUT2D eigenvalue weighted by molar-refractivity contribution is -0.113. The molecule has 0 fully saturated rings. The molecule has 0 spiro atoms. The highest BCUT2D eigenvalue weighted by atomic mass is 35.5. The minimum atomic E-state index is -0.523. The summed E-state index contributed by atoms with van der Waals surface area (Å²) < 4.78 is 15.3. The number of hydrogen-bond donors (Lipinski definition) is 1. The van der Waals surface area contributed by atoms with E-state index < -0.39 is 5.82 Å². The van der Waals surface area contributed by atoms with Crippen LogP contribution in [0.1, 0.15) is 30.3 Å². The summed E-state index contributed by atoms with van der Waals surface area (Å²) in [5.41, 5.74) is 2.72. The molecule has 3 aromatic rings. The molecular formula is C19H20ClFN4OS2. The van der Waals surface area contributed by atoms with Crippen molar-refractivity contribution in [3.05, 3.63) is 44.9 Å². The highest BCUT2D eigenvalue weighted by molar-refractivity contribution is 7.99. The van der Waals surface area contributed by atoms with Crippen LogP contribution >= 0.6 is 34.7 Å². The third-order valence-corrected chi connectivity index (χ3v) is 6.49. The quantitative estimate of drug-likeness (QED) is 0.499. The van der Waals surface area contributed by atoms with Crippen LogP contribution in [0.25, 0.3) is 11.4 Å². The van der Waals surface area contributed by atoms with Gasteiger partial charge < -0.3 is 5.32 Å². The van der Waals surface area contributed by atoms with Crippen molar-refractivity contribution in [3.8, 4) is 11.4 Å². The van der Waals surface area contributed by atoms with Gasteiger partial charge in [0.1, 0.15) is 5.82 Å². The Hall–Kier alpha value is -1.90. The Morgan fingerprint density at radius 1 is 1.36 bits per heavy atom. The number of nitrogens with zero attached hydrogens (tertiary/aromatic N) is 3. The van der Waals surface area contributed by atoms with Gasteiger partial charge in [-0.2, -0.15) is 0 Å². The lowest BCUT2D eigenvalue weighted by atomic mass is 10.1. The van der Waals surface area contributed by atoms with Crippen molar-refractivity contribution in [1.82, 2.24) is 14.8 Å². The maximum Gasteiger partial charge on any atom is 0.234 e. The van der Waals surface area contributed by atoms with Crippen molar-refractivity contribution in [3.63, 3.8) is 0 Å². The Morgan fingerprint density at radius 3 is 2.71 bits per heavy atom. The molecule has 0 atom stereocenters. The van der Waals surface area contributed by atoms with Crippen molar-refractivity contribution in [1.29, 1.82) is 0 Å². The fourth-order valence-electron chi connectivity index (χ4n) is 2.66. The van der Waals surface area contributed by atoms with Crippen molar-refractivity contribution in [2.45, 2.75) is 38.9 Å². The van der Waals surface area contributed by atoms with Gasteiger partial charge in [0.25, 0.3) is 0 Å². The van der Waals surface area contributed by atoms with Crippen LogP contribution in [0.15, 0.2) is 28.7 Å². The third kappa shape index (κ3) is 4.39. The normalized spacial score (nSPS) is 11.2. The van der Waals surface area contributed by atoms with Crippen LogP contribution in [-0.2, 0) is 4.79 Å². The molecule has 0 saturated heterocycles. The second-order valence-electron chi connectivity index (χ2n) is 6.57. The van der Waals surface area contributed by atoms with Crippen molar-refractivity contribution < 1.29 is 9.18 Å². The summed E-state index contributed by atoms with van der Waals surface area (Å²) in [5, 5.41) is 14.1. The number of aromatic nitrogens is 3. The molecule has 28 heavy (non-hydrogen) atoms. The molecule has 148 valence electrons. The third-order valence-electron chi connectivity index (χ3n) is 4.24. The Labute approximate surface area is 176 Å². The second kappa shape index (κ2) is 8.63. The van der Waals surface area contributed by atoms with E-state index in [1.165, 1.54) is 40.4 Å². The molecule has 0 aliphatic carbocycles. The average Bonchev–Trinajstić information content (AvgIpc) is 3.20. The van der Waals surface area contributed by atoms with Gasteiger partial charge in [-0.15, -0.1) is 21.5 Å². The van der Waals surface area contributed by atoms with Gasteiger partial charge >= 0.3 is 0 Å². The molecular weight excluding hydrogens is 419 g/mol. The molecule has 0 aliphatic heterocycles. The number of benzene rings is 1. The number of nitrogens with one attached hydrogen (secondary N) is 1. The number of thioether (sulfide) groups is 1. The van der Waals surface area contributed by atoms with E-state index in [2.05, 4.69) is 48.6 Å². The summed E-state index contributed by atoms with van der Waals surface area (Å²) in [7, 11) is 0. The minimum absolute atomic E-state index is 0.0314. The number of anilines is 1. The summed E-state index contributed by atoms with van der Waals surface area (Å²) in [4.78, 5) is 13.5. The smallest absolute Gasteiger partial charge is 0.234 e. The first-order valence-electron chi connectivity index (χ1n) is 8.65. The van der Waals surface area contributed by atoms with Crippen LogP contribution in [-0.4, -0.2) is 26.4 Å². The number of amides is 1. The van der Waals surface area contributed by atoms with Crippen LogP contribution < -0.4 is 5.32 Å². The molecule has 1 N–H and O–H groups in total. The molecule has 9 heteroatoms. The molecule has 0 radical (unpaired) electrons. The van der Waals surface area contributed by atoms with Crippen LogP contribution in [0.4, 0.5) is 10.1 Å². The molecule has 1 aromatic carbocycles. The van der Waals surface area contributed by atoms with Gasteiger partial charge in [-0.1, -0.05) is 23.4 Å². The van der Waals surface area contributed by atoms with E-state index in [1.54, 1.807) is 11.3 Å². The van der Waals surface area contributed by atoms with Crippen molar-refractivity contribution in [2.75, 3.05) is 11.1 Å². The van der Waals surface area contributed by atoms with Gasteiger partial charge in [-0.3, -0.25) is 9.36 Å². The number of halogens is 2. The highest BCUT2D eigenvalue weighted by Crippen LogP contribution is 2.33. The van der Waals surface area contributed by atoms with Crippen LogP contribution in [0.5, 0.6) is 0 Å². The van der Waals surface area contributed by atoms with Gasteiger partial charge in [0.05, 0.1) is 10.8 Å². The Kier molecular flexibility index (Phi) is 6.42. The van der Waals surface area contributed by atoms with E-state index >= 15 is 0 Å². The van der Waals surface area contributed by atoms with E-state index in [4.69, 9.17) is 11.6 Å². The fraction of sp³-hybridized carbons (Fsp3) is 0.316. The molecule has 5 nitrogen and oxygen atoms in total. The number of carbonyl (C=O) groups excluding carboxylic acids is 1.